The van der Waals surface area contributed by atoms with Crippen LogP contribution in [0.5, 0.6) is 11.5 Å². The Labute approximate surface area is 152 Å². The van der Waals surface area contributed by atoms with Crippen molar-refractivity contribution < 1.29 is 14.3 Å². The molecule has 128 valence electrons. The number of carbonyl (C=O) groups excluding carboxylic acids is 1. The lowest BCUT2D eigenvalue weighted by Gasteiger charge is -2.06. The van der Waals surface area contributed by atoms with Crippen LogP contribution >= 0.6 is 11.6 Å². The monoisotopic (exact) mass is 354 g/mol. The van der Waals surface area contributed by atoms with Crippen LogP contribution in [-0.2, 0) is 4.79 Å². The third-order valence-electron chi connectivity index (χ3n) is 4.17. The SMILES string of the molecule is COc1cc(C=C2CCC(=Cc3ccc(Cl)cc3)C2=O)cc(OC)c1. The lowest BCUT2D eigenvalue weighted by Crippen LogP contribution is -1.96. The Morgan fingerprint density at radius 1 is 0.840 bits per heavy atom. The average molecular weight is 355 g/mol. The van der Waals surface area contributed by atoms with Crippen LogP contribution < -0.4 is 9.47 Å². The molecule has 1 aliphatic carbocycles. The number of hydrogen-bond donors (Lipinski definition) is 0. The van der Waals surface area contributed by atoms with Gasteiger partial charge in [0.2, 0.25) is 0 Å². The van der Waals surface area contributed by atoms with Crippen LogP contribution in [0.15, 0.2) is 53.6 Å². The van der Waals surface area contributed by atoms with Crippen LogP contribution in [0.4, 0.5) is 0 Å². The van der Waals surface area contributed by atoms with Crippen LogP contribution in [0.25, 0.3) is 12.2 Å². The summed E-state index contributed by atoms with van der Waals surface area (Å²) in [6, 6.07) is 13.1. The van der Waals surface area contributed by atoms with Crippen molar-refractivity contribution in [3.05, 3.63) is 69.8 Å². The summed E-state index contributed by atoms with van der Waals surface area (Å²) in [6.45, 7) is 0. The molecule has 0 N–H and O–H groups in total. The minimum Gasteiger partial charge on any atom is -0.497 e. The zero-order chi connectivity index (χ0) is 17.8. The number of benzene rings is 2. The van der Waals surface area contributed by atoms with Gasteiger partial charge in [-0.2, -0.15) is 0 Å². The molecule has 4 heteroatoms. The summed E-state index contributed by atoms with van der Waals surface area (Å²) in [5.41, 5.74) is 3.50. The Morgan fingerprint density at radius 2 is 1.36 bits per heavy atom. The van der Waals surface area contributed by atoms with Gasteiger partial charge in [-0.3, -0.25) is 4.79 Å². The second-order valence-electron chi connectivity index (χ2n) is 5.87. The summed E-state index contributed by atoms with van der Waals surface area (Å²) in [5, 5.41) is 0.687. The van der Waals surface area contributed by atoms with E-state index in [1.165, 1.54) is 0 Å². The van der Waals surface area contributed by atoms with E-state index in [1.807, 2.05) is 54.6 Å². The fraction of sp³-hybridized carbons (Fsp3) is 0.190. The van der Waals surface area contributed by atoms with Gasteiger partial charge in [0.25, 0.3) is 0 Å². The van der Waals surface area contributed by atoms with Gasteiger partial charge in [-0.05, 0) is 60.4 Å². The van der Waals surface area contributed by atoms with Crippen LogP contribution in [-0.4, -0.2) is 20.0 Å². The molecular formula is C21H19ClO3. The number of Topliss-reactive ketones (excluding diaryl/α,β-unsaturated/α-hetero) is 1. The van der Waals surface area contributed by atoms with Crippen LogP contribution in [0.2, 0.25) is 5.02 Å². The quantitative estimate of drug-likeness (QED) is 0.709. The van der Waals surface area contributed by atoms with Gasteiger partial charge >= 0.3 is 0 Å². The van der Waals surface area contributed by atoms with Gasteiger partial charge in [0.05, 0.1) is 14.2 Å². The van der Waals surface area contributed by atoms with Gasteiger partial charge in [0.15, 0.2) is 5.78 Å². The molecule has 0 heterocycles. The van der Waals surface area contributed by atoms with E-state index in [9.17, 15) is 4.79 Å². The smallest absolute Gasteiger partial charge is 0.185 e. The molecule has 0 aliphatic heterocycles. The number of rotatable bonds is 4. The highest BCUT2D eigenvalue weighted by atomic mass is 35.5. The first-order valence-electron chi connectivity index (χ1n) is 8.03. The van der Waals surface area contributed by atoms with E-state index in [0.29, 0.717) is 16.5 Å². The molecule has 1 fully saturated rings. The summed E-state index contributed by atoms with van der Waals surface area (Å²) in [4.78, 5) is 12.7. The lowest BCUT2D eigenvalue weighted by atomic mass is 10.1. The fourth-order valence-electron chi connectivity index (χ4n) is 2.85. The molecule has 0 saturated heterocycles. The average Bonchev–Trinajstić information content (AvgIpc) is 2.96. The molecule has 1 aliphatic rings. The maximum atomic E-state index is 12.7. The van der Waals surface area contributed by atoms with Gasteiger partial charge in [-0.15, -0.1) is 0 Å². The van der Waals surface area contributed by atoms with Crippen LogP contribution in [0.1, 0.15) is 24.0 Å². The number of allylic oxidation sites excluding steroid dienone is 2. The topological polar surface area (TPSA) is 35.5 Å². The molecule has 0 radical (unpaired) electrons. The van der Waals surface area contributed by atoms with Gasteiger partial charge in [-0.25, -0.2) is 0 Å². The van der Waals surface area contributed by atoms with E-state index in [2.05, 4.69) is 0 Å². The first kappa shape index (κ1) is 17.3. The third kappa shape index (κ3) is 4.12. The molecule has 0 spiro atoms. The number of carbonyl (C=O) groups is 1. The second-order valence-corrected chi connectivity index (χ2v) is 6.30. The Hall–Kier alpha value is -2.52. The highest BCUT2D eigenvalue weighted by molar-refractivity contribution is 6.30. The van der Waals surface area contributed by atoms with Crippen molar-refractivity contribution in [1.29, 1.82) is 0 Å². The summed E-state index contributed by atoms with van der Waals surface area (Å²) in [5.74, 6) is 1.50. The molecule has 3 rings (SSSR count). The summed E-state index contributed by atoms with van der Waals surface area (Å²) < 4.78 is 10.6. The maximum Gasteiger partial charge on any atom is 0.185 e. The van der Waals surface area contributed by atoms with Gasteiger partial charge < -0.3 is 9.47 Å². The molecule has 0 unspecified atom stereocenters. The standard InChI is InChI=1S/C21H19ClO3/c1-24-19-11-15(12-20(13-19)25-2)10-17-6-5-16(21(17)23)9-14-3-7-18(22)8-4-14/h3-4,7-13H,5-6H2,1-2H3. The minimum absolute atomic E-state index is 0.0942. The minimum atomic E-state index is 0.0942. The Morgan fingerprint density at radius 3 is 1.88 bits per heavy atom. The molecule has 25 heavy (non-hydrogen) atoms. The Bertz CT molecular complexity index is 826. The number of ketones is 1. The highest BCUT2D eigenvalue weighted by Crippen LogP contribution is 2.31. The maximum absolute atomic E-state index is 12.7. The number of ether oxygens (including phenoxy) is 2. The molecule has 1 saturated carbocycles. The van der Waals surface area contributed by atoms with Crippen molar-refractivity contribution in [2.75, 3.05) is 14.2 Å². The molecule has 0 amide bonds. The molecular weight excluding hydrogens is 336 g/mol. The first-order chi connectivity index (χ1) is 12.1. The van der Waals surface area contributed by atoms with E-state index in [-0.39, 0.29) is 5.78 Å². The van der Waals surface area contributed by atoms with E-state index in [4.69, 9.17) is 21.1 Å². The van der Waals surface area contributed by atoms with Gasteiger partial charge in [-0.1, -0.05) is 23.7 Å². The van der Waals surface area contributed by atoms with Crippen molar-refractivity contribution >= 4 is 29.5 Å². The lowest BCUT2D eigenvalue weighted by molar-refractivity contribution is -0.111. The largest absolute Gasteiger partial charge is 0.497 e. The van der Waals surface area contributed by atoms with Crippen LogP contribution in [0, 0.1) is 0 Å². The predicted molar refractivity (Wildman–Crippen MR) is 101 cm³/mol. The zero-order valence-electron chi connectivity index (χ0n) is 14.2. The van der Waals surface area contributed by atoms with Gasteiger partial charge in [0.1, 0.15) is 11.5 Å². The summed E-state index contributed by atoms with van der Waals surface area (Å²) >= 11 is 5.90. The number of hydrogen-bond acceptors (Lipinski definition) is 3. The van der Waals surface area contributed by atoms with E-state index in [1.54, 1.807) is 14.2 Å². The summed E-state index contributed by atoms with van der Waals surface area (Å²) in [7, 11) is 3.22. The molecule has 0 bridgehead atoms. The van der Waals surface area contributed by atoms with Crippen molar-refractivity contribution in [2.24, 2.45) is 0 Å². The molecule has 0 atom stereocenters. The fourth-order valence-corrected chi connectivity index (χ4v) is 2.98. The molecule has 0 aromatic heterocycles. The second kappa shape index (κ2) is 7.58. The molecule has 2 aromatic carbocycles. The first-order valence-corrected chi connectivity index (χ1v) is 8.41. The molecule has 3 nitrogen and oxygen atoms in total. The molecule has 2 aromatic rings. The number of halogens is 1. The zero-order valence-corrected chi connectivity index (χ0v) is 15.0. The normalized spacial score (nSPS) is 17.3. The Balaban J connectivity index is 1.86. The third-order valence-corrected chi connectivity index (χ3v) is 4.42. The van der Waals surface area contributed by atoms with Crippen LogP contribution in [0.3, 0.4) is 0 Å². The number of methoxy groups -OCH3 is 2. The van der Waals surface area contributed by atoms with E-state index >= 15 is 0 Å². The van der Waals surface area contributed by atoms with E-state index < -0.39 is 0 Å². The summed E-state index contributed by atoms with van der Waals surface area (Å²) in [6.07, 6.45) is 5.33. The van der Waals surface area contributed by atoms with E-state index in [0.717, 1.165) is 35.1 Å². The van der Waals surface area contributed by atoms with Crippen molar-refractivity contribution in [3.63, 3.8) is 0 Å². The van der Waals surface area contributed by atoms with Gasteiger partial charge in [0, 0.05) is 22.2 Å². The highest BCUT2D eigenvalue weighted by Gasteiger charge is 2.23. The predicted octanol–water partition coefficient (Wildman–Crippen LogP) is 5.19. The van der Waals surface area contributed by atoms with Crippen molar-refractivity contribution in [3.8, 4) is 11.5 Å². The van der Waals surface area contributed by atoms with Crippen molar-refractivity contribution in [1.82, 2.24) is 0 Å². The van der Waals surface area contributed by atoms with Crippen molar-refractivity contribution in [2.45, 2.75) is 12.8 Å². The Kier molecular flexibility index (Phi) is 5.25.